The van der Waals surface area contributed by atoms with Crippen LogP contribution in [0.4, 0.5) is 0 Å². The van der Waals surface area contributed by atoms with Crippen LogP contribution in [-0.2, 0) is 20.2 Å². The van der Waals surface area contributed by atoms with Crippen molar-refractivity contribution in [3.63, 3.8) is 0 Å². The number of halogens is 2. The van der Waals surface area contributed by atoms with Crippen molar-refractivity contribution < 1.29 is 85.1 Å². The molecule has 0 aliphatic carbocycles. The van der Waals surface area contributed by atoms with E-state index in [0.717, 1.165) is 0 Å². The SMILES string of the molecule is Cc1c(-c2ccc(Cl)c(S(=O)(=O)[O-])c2C)ccc(Cl)c1S(=O)(=O)[O-].[Na+].[Na+]. The van der Waals surface area contributed by atoms with E-state index >= 15 is 0 Å². The second-order valence-electron chi connectivity index (χ2n) is 5.01. The van der Waals surface area contributed by atoms with E-state index in [4.69, 9.17) is 23.2 Å². The van der Waals surface area contributed by atoms with Crippen molar-refractivity contribution in [2.45, 2.75) is 23.6 Å². The third kappa shape index (κ3) is 5.46. The van der Waals surface area contributed by atoms with Crippen LogP contribution in [0.25, 0.3) is 11.1 Å². The molecule has 0 atom stereocenters. The first-order valence-electron chi connectivity index (χ1n) is 6.36. The summed E-state index contributed by atoms with van der Waals surface area (Å²) in [6, 6.07) is 5.30. The first kappa shape index (κ1) is 26.8. The molecule has 0 bridgehead atoms. The van der Waals surface area contributed by atoms with Crippen LogP contribution in [0.3, 0.4) is 0 Å². The van der Waals surface area contributed by atoms with Crippen molar-refractivity contribution in [2.75, 3.05) is 0 Å². The van der Waals surface area contributed by atoms with Crippen molar-refractivity contribution in [1.29, 1.82) is 0 Å². The van der Waals surface area contributed by atoms with Crippen LogP contribution in [-0.4, -0.2) is 25.9 Å². The van der Waals surface area contributed by atoms with Gasteiger partial charge >= 0.3 is 59.1 Å². The van der Waals surface area contributed by atoms with Gasteiger partial charge in [0.25, 0.3) is 0 Å². The van der Waals surface area contributed by atoms with Gasteiger partial charge in [0.1, 0.15) is 20.2 Å². The smallest absolute Gasteiger partial charge is 0.744 e. The van der Waals surface area contributed by atoms with Crippen LogP contribution < -0.4 is 59.1 Å². The summed E-state index contributed by atoms with van der Waals surface area (Å²) in [6.45, 7) is 2.73. The maximum absolute atomic E-state index is 11.4. The van der Waals surface area contributed by atoms with E-state index in [2.05, 4.69) is 0 Å². The molecule has 0 saturated carbocycles. The molecule has 12 heteroatoms. The van der Waals surface area contributed by atoms with Gasteiger partial charge in [0.05, 0.1) is 19.8 Å². The fourth-order valence-corrected chi connectivity index (χ4v) is 5.07. The van der Waals surface area contributed by atoms with Gasteiger partial charge in [-0.3, -0.25) is 0 Å². The molecule has 0 saturated heterocycles. The molecule has 0 heterocycles. The van der Waals surface area contributed by atoms with Crippen LogP contribution >= 0.6 is 23.2 Å². The Morgan fingerprint density at radius 1 is 0.692 bits per heavy atom. The summed E-state index contributed by atoms with van der Waals surface area (Å²) in [5.41, 5.74) is 0.620. The van der Waals surface area contributed by atoms with Crippen molar-refractivity contribution in [1.82, 2.24) is 0 Å². The summed E-state index contributed by atoms with van der Waals surface area (Å²) in [5.74, 6) is 0. The van der Waals surface area contributed by atoms with Gasteiger partial charge in [0.15, 0.2) is 0 Å². The minimum Gasteiger partial charge on any atom is -0.744 e. The molecule has 130 valence electrons. The molecule has 0 aromatic heterocycles. The second kappa shape index (κ2) is 9.56. The summed E-state index contributed by atoms with van der Waals surface area (Å²) in [7, 11) is -9.68. The summed E-state index contributed by atoms with van der Waals surface area (Å²) in [5, 5.41) is -0.482. The van der Waals surface area contributed by atoms with E-state index in [0.29, 0.717) is 0 Å². The van der Waals surface area contributed by atoms with Gasteiger partial charge < -0.3 is 9.11 Å². The van der Waals surface area contributed by atoms with Gasteiger partial charge in [-0.1, -0.05) is 35.3 Å². The van der Waals surface area contributed by atoms with Gasteiger partial charge in [-0.25, -0.2) is 16.8 Å². The molecule has 0 aliphatic heterocycles. The van der Waals surface area contributed by atoms with Crippen LogP contribution in [0.2, 0.25) is 10.0 Å². The molecular formula is C14H10Cl2Na2O6S2. The van der Waals surface area contributed by atoms with E-state index in [9.17, 15) is 25.9 Å². The van der Waals surface area contributed by atoms with Crippen LogP contribution in [0.15, 0.2) is 34.1 Å². The molecule has 2 aromatic rings. The molecule has 2 rings (SSSR count). The Kier molecular flexibility index (Phi) is 9.87. The predicted molar refractivity (Wildman–Crippen MR) is 87.3 cm³/mol. The quantitative estimate of drug-likeness (QED) is 0.362. The van der Waals surface area contributed by atoms with E-state index < -0.39 is 30.0 Å². The third-order valence-electron chi connectivity index (χ3n) is 3.51. The molecule has 0 fully saturated rings. The van der Waals surface area contributed by atoms with Crippen LogP contribution in [0.5, 0.6) is 0 Å². The van der Waals surface area contributed by atoms with Gasteiger partial charge in [-0.15, -0.1) is 0 Å². The van der Waals surface area contributed by atoms with E-state index in [1.807, 2.05) is 0 Å². The molecular weight excluding hydrogens is 445 g/mol. The Morgan fingerprint density at radius 3 is 1.19 bits per heavy atom. The molecule has 2 aromatic carbocycles. The summed E-state index contributed by atoms with van der Waals surface area (Å²) in [6.07, 6.45) is 0. The number of benzene rings is 2. The summed E-state index contributed by atoms with van der Waals surface area (Å²) >= 11 is 11.6. The average Bonchev–Trinajstić information content (AvgIpc) is 2.37. The van der Waals surface area contributed by atoms with Crippen LogP contribution in [0.1, 0.15) is 11.1 Å². The zero-order valence-electron chi connectivity index (χ0n) is 14.3. The minimum absolute atomic E-state index is 0. The van der Waals surface area contributed by atoms with Crippen molar-refractivity contribution in [3.05, 3.63) is 45.4 Å². The summed E-state index contributed by atoms with van der Waals surface area (Å²) < 4.78 is 68.5. The number of hydrogen-bond acceptors (Lipinski definition) is 6. The summed E-state index contributed by atoms with van der Waals surface area (Å²) in [4.78, 5) is -1.19. The maximum Gasteiger partial charge on any atom is 1.00 e. The maximum atomic E-state index is 11.4. The molecule has 0 N–H and O–H groups in total. The van der Waals surface area contributed by atoms with Gasteiger partial charge in [-0.05, 0) is 48.2 Å². The fraction of sp³-hybridized carbons (Fsp3) is 0.143. The zero-order chi connectivity index (χ0) is 18.4. The Balaban J connectivity index is 0.00000312. The molecule has 0 aliphatic rings. The third-order valence-corrected chi connectivity index (χ3v) is 6.41. The van der Waals surface area contributed by atoms with Crippen molar-refractivity contribution >= 4 is 43.4 Å². The van der Waals surface area contributed by atoms with E-state index in [1.54, 1.807) is 0 Å². The van der Waals surface area contributed by atoms with Crippen molar-refractivity contribution in [2.24, 2.45) is 0 Å². The van der Waals surface area contributed by atoms with Gasteiger partial charge in [-0.2, -0.15) is 0 Å². The topological polar surface area (TPSA) is 114 Å². The predicted octanol–water partition coefficient (Wildman–Crippen LogP) is -2.91. The molecule has 0 spiro atoms. The first-order chi connectivity index (χ1) is 10.9. The Bertz CT molecular complexity index is 968. The van der Waals surface area contributed by atoms with E-state index in [-0.39, 0.29) is 91.4 Å². The fourth-order valence-electron chi connectivity index (χ4n) is 2.51. The molecule has 0 radical (unpaired) electrons. The van der Waals surface area contributed by atoms with Gasteiger partial charge in [0.2, 0.25) is 0 Å². The van der Waals surface area contributed by atoms with E-state index in [1.165, 1.54) is 38.1 Å². The minimum atomic E-state index is -4.84. The van der Waals surface area contributed by atoms with Crippen molar-refractivity contribution in [3.8, 4) is 11.1 Å². The average molecular weight is 455 g/mol. The molecule has 0 unspecified atom stereocenters. The normalized spacial score (nSPS) is 11.5. The second-order valence-corrected chi connectivity index (χ2v) is 8.45. The standard InChI is InChI=1S/C14H12Cl2O6S2.2Na/c1-7-9(3-5-11(15)13(7)23(17,18)19)10-4-6-12(16)14(8(10)2)24(20,21)22;;/h3-6H,1-2H3,(H,17,18,19)(H,20,21,22);;/q;2*+1/p-2. The van der Waals surface area contributed by atoms with Crippen LogP contribution in [0, 0.1) is 13.8 Å². The Morgan fingerprint density at radius 2 is 0.962 bits per heavy atom. The number of hydrogen-bond donors (Lipinski definition) is 0. The Hall–Kier alpha value is 0.840. The molecule has 0 amide bonds. The first-order valence-corrected chi connectivity index (χ1v) is 9.93. The molecule has 26 heavy (non-hydrogen) atoms. The Labute approximate surface area is 206 Å². The zero-order valence-corrected chi connectivity index (χ0v) is 21.5. The number of rotatable bonds is 3. The molecule has 6 nitrogen and oxygen atoms in total. The monoisotopic (exact) mass is 454 g/mol. The largest absolute Gasteiger partial charge is 1.00 e. The van der Waals surface area contributed by atoms with Gasteiger partial charge in [0, 0.05) is 0 Å².